The third-order valence-electron chi connectivity index (χ3n) is 3.99. The van der Waals surface area contributed by atoms with Crippen molar-refractivity contribution in [3.8, 4) is 0 Å². The van der Waals surface area contributed by atoms with E-state index in [0.29, 0.717) is 17.0 Å². The summed E-state index contributed by atoms with van der Waals surface area (Å²) in [6, 6.07) is 14.6. The van der Waals surface area contributed by atoms with E-state index in [1.807, 2.05) is 43.3 Å². The second kappa shape index (κ2) is 7.79. The normalized spacial score (nSPS) is 13.5. The van der Waals surface area contributed by atoms with Gasteiger partial charge in [-0.25, -0.2) is 15.2 Å². The van der Waals surface area contributed by atoms with Crippen LogP contribution in [-0.2, 0) is 16.1 Å². The quantitative estimate of drug-likeness (QED) is 0.879. The number of benzene rings is 2. The zero-order valence-corrected chi connectivity index (χ0v) is 14.3. The number of aliphatic imine (C=N–C) groups is 1. The number of aliphatic hydroxyl groups excluding tert-OH is 1. The summed E-state index contributed by atoms with van der Waals surface area (Å²) < 4.78 is 5.20. The molecule has 0 aromatic heterocycles. The molecular weight excluding hydrogens is 334 g/mol. The van der Waals surface area contributed by atoms with Crippen molar-refractivity contribution in [3.05, 3.63) is 65.2 Å². The minimum Gasteiger partial charge on any atom is -0.443 e. The molecule has 2 N–H and O–H groups in total. The molecule has 0 saturated carbocycles. The van der Waals surface area contributed by atoms with Crippen LogP contribution in [0.2, 0.25) is 0 Å². The first-order valence-corrected chi connectivity index (χ1v) is 8.14. The smallest absolute Gasteiger partial charge is 0.426 e. The number of nitrogens with one attached hydrogen (secondary N) is 1. The fourth-order valence-electron chi connectivity index (χ4n) is 2.73. The molecule has 0 saturated heterocycles. The number of aliphatic hydroxyl groups is 1. The predicted octanol–water partition coefficient (Wildman–Crippen LogP) is 1.96. The number of benzodiazepines with no additional fused rings is 1. The van der Waals surface area contributed by atoms with E-state index in [4.69, 9.17) is 4.74 Å². The molecule has 0 radical (unpaired) electrons. The lowest BCUT2D eigenvalue weighted by Gasteiger charge is -2.24. The monoisotopic (exact) mass is 353 g/mol. The number of anilines is 1. The van der Waals surface area contributed by atoms with Gasteiger partial charge in [-0.3, -0.25) is 9.79 Å². The first kappa shape index (κ1) is 17.6. The van der Waals surface area contributed by atoms with Crippen LogP contribution in [0.4, 0.5) is 10.5 Å². The number of nitrogens with zero attached hydrogens (tertiary/aromatic N) is 2. The van der Waals surface area contributed by atoms with Crippen LogP contribution in [0.25, 0.3) is 0 Å². The number of hydrogen-bond donors (Lipinski definition) is 2. The van der Waals surface area contributed by atoms with Crippen LogP contribution >= 0.6 is 0 Å². The van der Waals surface area contributed by atoms with Gasteiger partial charge in [0.15, 0.2) is 0 Å². The number of fused-ring (bicyclic) bond motifs is 1. The van der Waals surface area contributed by atoms with Gasteiger partial charge in [0, 0.05) is 5.56 Å². The Balaban J connectivity index is 1.80. The predicted molar refractivity (Wildman–Crippen MR) is 96.9 cm³/mol. The van der Waals surface area contributed by atoms with E-state index < -0.39 is 12.0 Å². The highest BCUT2D eigenvalue weighted by Gasteiger charge is 2.27. The molecule has 3 rings (SSSR count). The second-order valence-electron chi connectivity index (χ2n) is 5.79. The zero-order valence-electron chi connectivity index (χ0n) is 14.3. The number of hydrazine groups is 1. The molecule has 0 unspecified atom stereocenters. The van der Waals surface area contributed by atoms with E-state index in [2.05, 4.69) is 10.4 Å². The Bertz CT molecular complexity index is 849. The van der Waals surface area contributed by atoms with Gasteiger partial charge in [-0.2, -0.15) is 0 Å². The summed E-state index contributed by atoms with van der Waals surface area (Å²) >= 11 is 0. The maximum absolute atomic E-state index is 12.5. The number of rotatable bonds is 4. The largest absolute Gasteiger partial charge is 0.443 e. The van der Waals surface area contributed by atoms with Crippen molar-refractivity contribution in [2.45, 2.75) is 13.5 Å². The van der Waals surface area contributed by atoms with Gasteiger partial charge in [-0.05, 0) is 18.1 Å². The summed E-state index contributed by atoms with van der Waals surface area (Å²) in [4.78, 5) is 28.8. The molecule has 134 valence electrons. The number of carbonyl (C=O) groups excluding carboxylic acids is 2. The molecule has 0 atom stereocenters. The summed E-state index contributed by atoms with van der Waals surface area (Å²) in [6.45, 7) is 1.43. The molecule has 2 amide bonds. The molecule has 0 bridgehead atoms. The van der Waals surface area contributed by atoms with E-state index in [-0.39, 0.29) is 19.8 Å². The van der Waals surface area contributed by atoms with Crippen LogP contribution in [0.5, 0.6) is 0 Å². The molecule has 0 spiro atoms. The van der Waals surface area contributed by atoms with Gasteiger partial charge in [-0.15, -0.1) is 0 Å². The lowest BCUT2D eigenvalue weighted by Crippen LogP contribution is -2.48. The van der Waals surface area contributed by atoms with Gasteiger partial charge in [-0.1, -0.05) is 48.5 Å². The van der Waals surface area contributed by atoms with Crippen molar-refractivity contribution in [1.82, 2.24) is 5.43 Å². The van der Waals surface area contributed by atoms with Gasteiger partial charge >= 0.3 is 6.09 Å². The van der Waals surface area contributed by atoms with Crippen LogP contribution in [-0.4, -0.2) is 36.0 Å². The van der Waals surface area contributed by atoms with E-state index in [9.17, 15) is 14.7 Å². The van der Waals surface area contributed by atoms with Gasteiger partial charge in [0.1, 0.15) is 13.2 Å². The highest BCUT2D eigenvalue weighted by molar-refractivity contribution is 6.13. The molecular formula is C19H19N3O4. The van der Waals surface area contributed by atoms with Crippen molar-refractivity contribution < 1.29 is 19.4 Å². The van der Waals surface area contributed by atoms with Crippen molar-refractivity contribution in [3.63, 3.8) is 0 Å². The average molecular weight is 353 g/mol. The van der Waals surface area contributed by atoms with E-state index in [1.165, 1.54) is 0 Å². The van der Waals surface area contributed by atoms with Gasteiger partial charge in [0.05, 0.1) is 18.0 Å². The zero-order chi connectivity index (χ0) is 18.5. The Morgan fingerprint density at radius 3 is 2.73 bits per heavy atom. The number of amides is 2. The molecule has 7 heteroatoms. The minimum atomic E-state index is -0.746. The Labute approximate surface area is 150 Å². The van der Waals surface area contributed by atoms with Crippen LogP contribution in [0.15, 0.2) is 53.5 Å². The number of ether oxygens (including phenoxy) is 1. The lowest BCUT2D eigenvalue weighted by molar-refractivity contribution is -0.117. The van der Waals surface area contributed by atoms with Gasteiger partial charge < -0.3 is 9.84 Å². The molecule has 1 heterocycles. The average Bonchev–Trinajstić information content (AvgIpc) is 2.79. The molecule has 1 aliphatic heterocycles. The summed E-state index contributed by atoms with van der Waals surface area (Å²) in [6.07, 6.45) is -0.746. The maximum Gasteiger partial charge on any atom is 0.426 e. The van der Waals surface area contributed by atoms with Crippen LogP contribution in [0.1, 0.15) is 16.7 Å². The molecule has 26 heavy (non-hydrogen) atoms. The number of para-hydroxylation sites is 1. The van der Waals surface area contributed by atoms with Crippen LogP contribution in [0.3, 0.4) is 0 Å². The summed E-state index contributed by atoms with van der Waals surface area (Å²) in [5.41, 5.74) is 5.58. The van der Waals surface area contributed by atoms with Crippen LogP contribution < -0.4 is 10.4 Å². The van der Waals surface area contributed by atoms with Crippen molar-refractivity contribution in [1.29, 1.82) is 0 Å². The molecule has 1 aliphatic rings. The minimum absolute atomic E-state index is 0.0910. The number of aryl methyl sites for hydroxylation is 1. The topological polar surface area (TPSA) is 91.2 Å². The Hall–Kier alpha value is -3.19. The Morgan fingerprint density at radius 1 is 1.23 bits per heavy atom. The van der Waals surface area contributed by atoms with E-state index in [1.54, 1.807) is 12.1 Å². The molecule has 7 nitrogen and oxygen atoms in total. The Morgan fingerprint density at radius 2 is 2.00 bits per heavy atom. The van der Waals surface area contributed by atoms with E-state index >= 15 is 0 Å². The van der Waals surface area contributed by atoms with Crippen molar-refractivity contribution in [2.75, 3.05) is 18.2 Å². The van der Waals surface area contributed by atoms with Crippen molar-refractivity contribution in [2.24, 2.45) is 4.99 Å². The Kier molecular flexibility index (Phi) is 5.28. The molecule has 0 fully saturated rings. The maximum atomic E-state index is 12.5. The third-order valence-corrected chi connectivity index (χ3v) is 3.99. The van der Waals surface area contributed by atoms with Crippen molar-refractivity contribution >= 4 is 23.4 Å². The lowest BCUT2D eigenvalue weighted by atomic mass is 10.0. The fourth-order valence-corrected chi connectivity index (χ4v) is 2.73. The van der Waals surface area contributed by atoms with Crippen LogP contribution in [0, 0.1) is 6.92 Å². The standard InChI is InChI=1S/C19H19N3O4/c1-13-6-5-9-15-16(11-23)20-10-17(24)22(18(13)15)21-19(25)26-12-14-7-3-2-4-8-14/h2-9,23H,10-12H2,1H3,(H,21,25). The van der Waals surface area contributed by atoms with Gasteiger partial charge in [0.25, 0.3) is 5.91 Å². The third kappa shape index (κ3) is 3.73. The number of carbonyl (C=O) groups is 2. The highest BCUT2D eigenvalue weighted by Crippen LogP contribution is 2.27. The first-order valence-electron chi connectivity index (χ1n) is 8.14. The molecule has 2 aromatic rings. The first-order chi connectivity index (χ1) is 12.6. The summed E-state index contributed by atoms with van der Waals surface area (Å²) in [5, 5.41) is 10.7. The number of hydrogen-bond acceptors (Lipinski definition) is 5. The fraction of sp³-hybridized carbons (Fsp3) is 0.211. The SMILES string of the molecule is Cc1cccc2c1N(NC(=O)OCc1ccccc1)C(=O)CN=C2CO. The van der Waals surface area contributed by atoms with Gasteiger partial charge in [0.2, 0.25) is 0 Å². The second-order valence-corrected chi connectivity index (χ2v) is 5.79. The van der Waals surface area contributed by atoms with E-state index in [0.717, 1.165) is 16.1 Å². The highest BCUT2D eigenvalue weighted by atomic mass is 16.6. The summed E-state index contributed by atoms with van der Waals surface area (Å²) in [7, 11) is 0. The molecule has 2 aromatic carbocycles. The summed E-state index contributed by atoms with van der Waals surface area (Å²) in [5.74, 6) is -0.416. The molecule has 0 aliphatic carbocycles.